The lowest BCUT2D eigenvalue weighted by atomic mass is 10.3. The second kappa shape index (κ2) is 6.21. The van der Waals surface area contributed by atoms with E-state index in [1.807, 2.05) is 0 Å². The number of hydrogen-bond acceptors (Lipinski definition) is 4. The Labute approximate surface area is 128 Å². The van der Waals surface area contributed by atoms with E-state index in [2.05, 4.69) is 37.2 Å². The van der Waals surface area contributed by atoms with Crippen molar-refractivity contribution in [3.05, 3.63) is 21.1 Å². The summed E-state index contributed by atoms with van der Waals surface area (Å²) in [4.78, 5) is 11.3. The SMILES string of the molecule is CNC(=O)C(C)Oc1c(Br)cc(S(N)(=O)=O)cc1Br. The molecular formula is C10H12Br2N2O4S. The van der Waals surface area contributed by atoms with Gasteiger partial charge in [-0.2, -0.15) is 0 Å². The molecule has 0 aliphatic rings. The maximum absolute atomic E-state index is 11.4. The molecule has 1 amide bonds. The van der Waals surface area contributed by atoms with Gasteiger partial charge in [-0.3, -0.25) is 4.79 Å². The number of sulfonamides is 1. The molecule has 3 N–H and O–H groups in total. The van der Waals surface area contributed by atoms with Gasteiger partial charge in [0, 0.05) is 7.05 Å². The number of primary sulfonamides is 1. The van der Waals surface area contributed by atoms with Crippen molar-refractivity contribution in [2.75, 3.05) is 7.05 Å². The third-order valence-corrected chi connectivity index (χ3v) is 4.28. The first kappa shape index (κ1) is 16.4. The van der Waals surface area contributed by atoms with Gasteiger partial charge in [0.1, 0.15) is 5.75 Å². The van der Waals surface area contributed by atoms with Crippen LogP contribution in [0.4, 0.5) is 0 Å². The van der Waals surface area contributed by atoms with Crippen molar-refractivity contribution in [2.45, 2.75) is 17.9 Å². The van der Waals surface area contributed by atoms with Gasteiger partial charge in [-0.25, -0.2) is 13.6 Å². The normalized spacial score (nSPS) is 12.9. The summed E-state index contributed by atoms with van der Waals surface area (Å²) in [6, 6.07) is 2.62. The highest BCUT2D eigenvalue weighted by Gasteiger charge is 2.19. The molecule has 1 rings (SSSR count). The van der Waals surface area contributed by atoms with Crippen LogP contribution in [0.15, 0.2) is 26.0 Å². The van der Waals surface area contributed by atoms with Crippen LogP contribution >= 0.6 is 31.9 Å². The number of benzene rings is 1. The van der Waals surface area contributed by atoms with Crippen molar-refractivity contribution in [1.82, 2.24) is 5.32 Å². The molecule has 9 heteroatoms. The molecule has 6 nitrogen and oxygen atoms in total. The molecule has 0 aromatic heterocycles. The molecule has 106 valence electrons. The van der Waals surface area contributed by atoms with Gasteiger partial charge in [-0.15, -0.1) is 0 Å². The predicted octanol–water partition coefficient (Wildman–Crippen LogP) is 1.37. The van der Waals surface area contributed by atoms with E-state index in [0.29, 0.717) is 14.7 Å². The lowest BCUT2D eigenvalue weighted by Crippen LogP contribution is -2.33. The molecule has 1 atom stereocenters. The van der Waals surface area contributed by atoms with Crippen LogP contribution in [0.1, 0.15) is 6.92 Å². The third kappa shape index (κ3) is 4.16. The minimum Gasteiger partial charge on any atom is -0.479 e. The second-order valence-corrected chi connectivity index (χ2v) is 6.91. The van der Waals surface area contributed by atoms with Crippen LogP contribution in [-0.2, 0) is 14.8 Å². The lowest BCUT2D eigenvalue weighted by Gasteiger charge is -2.16. The smallest absolute Gasteiger partial charge is 0.260 e. The summed E-state index contributed by atoms with van der Waals surface area (Å²) in [5, 5.41) is 7.49. The average molecular weight is 416 g/mol. The summed E-state index contributed by atoms with van der Waals surface area (Å²) in [6.07, 6.45) is -0.724. The molecule has 0 spiro atoms. The molecule has 1 aromatic rings. The minimum absolute atomic E-state index is 0.0637. The van der Waals surface area contributed by atoms with Crippen LogP contribution in [0.5, 0.6) is 5.75 Å². The van der Waals surface area contributed by atoms with Crippen molar-refractivity contribution in [2.24, 2.45) is 5.14 Å². The maximum atomic E-state index is 11.4. The standard InChI is InChI=1S/C10H12Br2N2O4S/c1-5(10(15)14-2)18-9-7(11)3-6(4-8(9)12)19(13,16)17/h3-5H,1-2H3,(H,14,15)(H2,13,16,17). The zero-order chi connectivity index (χ0) is 14.8. The summed E-state index contributed by atoms with van der Waals surface area (Å²) in [5.41, 5.74) is 0. The van der Waals surface area contributed by atoms with Crippen molar-refractivity contribution >= 4 is 47.8 Å². The van der Waals surface area contributed by atoms with Gasteiger partial charge in [0.2, 0.25) is 10.0 Å². The molecular weight excluding hydrogens is 404 g/mol. The fourth-order valence-electron chi connectivity index (χ4n) is 1.25. The maximum Gasteiger partial charge on any atom is 0.260 e. The number of nitrogens with one attached hydrogen (secondary N) is 1. The van der Waals surface area contributed by atoms with E-state index in [0.717, 1.165) is 0 Å². The number of likely N-dealkylation sites (N-methyl/N-ethyl adjacent to an activating group) is 1. The number of nitrogens with two attached hydrogens (primary N) is 1. The summed E-state index contributed by atoms with van der Waals surface area (Å²) < 4.78 is 28.7. The lowest BCUT2D eigenvalue weighted by molar-refractivity contribution is -0.126. The number of rotatable bonds is 4. The first-order chi connectivity index (χ1) is 8.66. The highest BCUT2D eigenvalue weighted by molar-refractivity contribution is 9.11. The van der Waals surface area contributed by atoms with Crippen LogP contribution in [0.2, 0.25) is 0 Å². The molecule has 0 saturated heterocycles. The number of carbonyl (C=O) groups is 1. The Morgan fingerprint density at radius 2 is 1.84 bits per heavy atom. The quantitative estimate of drug-likeness (QED) is 0.775. The topological polar surface area (TPSA) is 98.5 Å². The molecule has 1 unspecified atom stereocenters. The first-order valence-corrected chi connectivity index (χ1v) is 8.20. The molecule has 0 saturated carbocycles. The van der Waals surface area contributed by atoms with Crippen LogP contribution in [0.3, 0.4) is 0 Å². The first-order valence-electron chi connectivity index (χ1n) is 5.07. The highest BCUT2D eigenvalue weighted by Crippen LogP contribution is 2.36. The minimum atomic E-state index is -3.81. The molecule has 0 aliphatic carbocycles. The van der Waals surface area contributed by atoms with Crippen LogP contribution in [0, 0.1) is 0 Å². The Hall–Kier alpha value is -0.640. The zero-order valence-corrected chi connectivity index (χ0v) is 14.1. The number of halogens is 2. The third-order valence-electron chi connectivity index (χ3n) is 2.21. The predicted molar refractivity (Wildman–Crippen MR) is 77.4 cm³/mol. The Morgan fingerprint density at radius 3 is 2.21 bits per heavy atom. The monoisotopic (exact) mass is 414 g/mol. The largest absolute Gasteiger partial charge is 0.479 e. The van der Waals surface area contributed by atoms with Gasteiger partial charge in [0.25, 0.3) is 5.91 Å². The molecule has 0 radical (unpaired) electrons. The number of hydrogen-bond donors (Lipinski definition) is 2. The van der Waals surface area contributed by atoms with Crippen LogP contribution in [-0.4, -0.2) is 27.5 Å². The second-order valence-electron chi connectivity index (χ2n) is 3.64. The summed E-state index contributed by atoms with van der Waals surface area (Å²) in [5.74, 6) is 0.0258. The molecule has 0 fully saturated rings. The van der Waals surface area contributed by atoms with Crippen molar-refractivity contribution < 1.29 is 17.9 Å². The van der Waals surface area contributed by atoms with Crippen LogP contribution in [0.25, 0.3) is 0 Å². The Bertz CT molecular complexity index is 581. The van der Waals surface area contributed by atoms with Crippen molar-refractivity contribution in [3.8, 4) is 5.75 Å². The van der Waals surface area contributed by atoms with E-state index in [-0.39, 0.29) is 10.8 Å². The van der Waals surface area contributed by atoms with Gasteiger partial charge < -0.3 is 10.1 Å². The summed E-state index contributed by atoms with van der Waals surface area (Å²) >= 11 is 6.37. The fraction of sp³-hybridized carbons (Fsp3) is 0.300. The van der Waals surface area contributed by atoms with E-state index in [1.54, 1.807) is 6.92 Å². The van der Waals surface area contributed by atoms with Crippen LogP contribution < -0.4 is 15.2 Å². The Morgan fingerprint density at radius 1 is 1.37 bits per heavy atom. The average Bonchev–Trinajstić information content (AvgIpc) is 2.30. The zero-order valence-electron chi connectivity index (χ0n) is 10.1. The molecule has 0 bridgehead atoms. The van der Waals surface area contributed by atoms with Gasteiger partial charge in [-0.05, 0) is 50.9 Å². The van der Waals surface area contributed by atoms with E-state index >= 15 is 0 Å². The summed E-state index contributed by atoms with van der Waals surface area (Å²) in [6.45, 7) is 1.57. The summed E-state index contributed by atoms with van der Waals surface area (Å²) in [7, 11) is -2.31. The number of amides is 1. The van der Waals surface area contributed by atoms with E-state index in [9.17, 15) is 13.2 Å². The fourth-order valence-corrected chi connectivity index (χ4v) is 3.49. The van der Waals surface area contributed by atoms with Gasteiger partial charge in [-0.1, -0.05) is 0 Å². The number of ether oxygens (including phenoxy) is 1. The molecule has 19 heavy (non-hydrogen) atoms. The van der Waals surface area contributed by atoms with Gasteiger partial charge in [0.05, 0.1) is 13.8 Å². The highest BCUT2D eigenvalue weighted by atomic mass is 79.9. The van der Waals surface area contributed by atoms with Crippen molar-refractivity contribution in [3.63, 3.8) is 0 Å². The Balaban J connectivity index is 3.15. The van der Waals surface area contributed by atoms with E-state index in [4.69, 9.17) is 9.88 Å². The van der Waals surface area contributed by atoms with E-state index < -0.39 is 16.1 Å². The Kier molecular flexibility index (Phi) is 5.36. The van der Waals surface area contributed by atoms with Gasteiger partial charge in [0.15, 0.2) is 6.10 Å². The van der Waals surface area contributed by atoms with E-state index in [1.165, 1.54) is 19.2 Å². The van der Waals surface area contributed by atoms with Crippen molar-refractivity contribution in [1.29, 1.82) is 0 Å². The van der Waals surface area contributed by atoms with Gasteiger partial charge >= 0.3 is 0 Å². The molecule has 0 aliphatic heterocycles. The molecule has 0 heterocycles. The molecule has 1 aromatic carbocycles. The number of carbonyl (C=O) groups excluding carboxylic acids is 1.